The summed E-state index contributed by atoms with van der Waals surface area (Å²) in [4.78, 5) is 14.7. The average Bonchev–Trinajstić information content (AvgIpc) is 2.66. The van der Waals surface area contributed by atoms with Gasteiger partial charge in [0.05, 0.1) is 7.11 Å². The molecular weight excluding hydrogens is 314 g/mol. The summed E-state index contributed by atoms with van der Waals surface area (Å²) in [5.74, 6) is 0.721. The molecule has 132 valence electrons. The number of likely N-dealkylation sites (N-methyl/N-ethyl adjacent to an activating group) is 1. The molecule has 4 heteroatoms. The van der Waals surface area contributed by atoms with E-state index in [1.807, 2.05) is 67.7 Å². The van der Waals surface area contributed by atoms with Gasteiger partial charge in [0.15, 0.2) is 0 Å². The lowest BCUT2D eigenvalue weighted by molar-refractivity contribution is -0.123. The molecule has 0 radical (unpaired) electrons. The summed E-state index contributed by atoms with van der Waals surface area (Å²) in [6.07, 6.45) is 2.69. The van der Waals surface area contributed by atoms with Crippen LogP contribution in [0.2, 0.25) is 0 Å². The van der Waals surface area contributed by atoms with Crippen molar-refractivity contribution in [3.8, 4) is 5.75 Å². The molecule has 0 unspecified atom stereocenters. The van der Waals surface area contributed by atoms with E-state index in [9.17, 15) is 4.79 Å². The van der Waals surface area contributed by atoms with Crippen LogP contribution in [0.1, 0.15) is 17.5 Å². The molecule has 0 aliphatic rings. The highest BCUT2D eigenvalue weighted by Gasteiger charge is 2.17. The van der Waals surface area contributed by atoms with Crippen LogP contribution in [-0.2, 0) is 9.53 Å². The van der Waals surface area contributed by atoms with Crippen LogP contribution in [0.3, 0.4) is 0 Å². The van der Waals surface area contributed by atoms with Gasteiger partial charge in [0, 0.05) is 38.4 Å². The number of methoxy groups -OCH3 is 2. The van der Waals surface area contributed by atoms with Crippen molar-refractivity contribution in [3.05, 3.63) is 65.7 Å². The lowest BCUT2D eigenvalue weighted by atomic mass is 10.0. The van der Waals surface area contributed by atoms with Crippen molar-refractivity contribution in [1.82, 2.24) is 4.90 Å². The summed E-state index contributed by atoms with van der Waals surface area (Å²) in [6, 6.07) is 17.4. The van der Waals surface area contributed by atoms with E-state index in [4.69, 9.17) is 9.47 Å². The Labute approximate surface area is 149 Å². The van der Waals surface area contributed by atoms with E-state index in [-0.39, 0.29) is 5.91 Å². The molecule has 1 amide bonds. The maximum absolute atomic E-state index is 13.0. The molecule has 0 aliphatic heterocycles. The number of amides is 1. The second-order valence-corrected chi connectivity index (χ2v) is 5.74. The smallest absolute Gasteiger partial charge is 0.254 e. The Morgan fingerprint density at radius 3 is 2.40 bits per heavy atom. The molecule has 2 rings (SSSR count). The van der Waals surface area contributed by atoms with Gasteiger partial charge in [0.2, 0.25) is 0 Å². The standard InChI is InChI=1S/C21H25NO3/c1-22(14-9-15-24-2)21(23)19(17-10-5-4-6-11-17)16-18-12-7-8-13-20(18)25-3/h4-8,10-13,16H,9,14-15H2,1-3H3/b19-16+. The number of benzene rings is 2. The predicted octanol–water partition coefficient (Wildman–Crippen LogP) is 3.73. The number of hydrogen-bond donors (Lipinski definition) is 0. The van der Waals surface area contributed by atoms with Crippen molar-refractivity contribution in [1.29, 1.82) is 0 Å². The van der Waals surface area contributed by atoms with Crippen LogP contribution in [0.5, 0.6) is 5.75 Å². The molecular formula is C21H25NO3. The van der Waals surface area contributed by atoms with Gasteiger partial charge >= 0.3 is 0 Å². The number of hydrogen-bond acceptors (Lipinski definition) is 3. The number of nitrogens with zero attached hydrogens (tertiary/aromatic N) is 1. The quantitative estimate of drug-likeness (QED) is 0.418. The fourth-order valence-corrected chi connectivity index (χ4v) is 2.58. The zero-order chi connectivity index (χ0) is 18.1. The highest BCUT2D eigenvalue weighted by molar-refractivity contribution is 6.24. The first-order valence-corrected chi connectivity index (χ1v) is 8.32. The third kappa shape index (κ3) is 5.19. The van der Waals surface area contributed by atoms with Crippen molar-refractivity contribution < 1.29 is 14.3 Å². The number of carbonyl (C=O) groups is 1. The van der Waals surface area contributed by atoms with Crippen molar-refractivity contribution in [2.24, 2.45) is 0 Å². The number of carbonyl (C=O) groups excluding carboxylic acids is 1. The summed E-state index contributed by atoms with van der Waals surface area (Å²) < 4.78 is 10.5. The molecule has 0 fully saturated rings. The molecule has 0 N–H and O–H groups in total. The third-order valence-corrected chi connectivity index (χ3v) is 3.94. The Morgan fingerprint density at radius 1 is 1.04 bits per heavy atom. The average molecular weight is 339 g/mol. The molecule has 0 spiro atoms. The normalized spacial score (nSPS) is 11.2. The third-order valence-electron chi connectivity index (χ3n) is 3.94. The predicted molar refractivity (Wildman–Crippen MR) is 101 cm³/mol. The highest BCUT2D eigenvalue weighted by atomic mass is 16.5. The van der Waals surface area contributed by atoms with E-state index in [1.54, 1.807) is 19.1 Å². The van der Waals surface area contributed by atoms with Gasteiger partial charge in [-0.1, -0.05) is 48.5 Å². The second kappa shape index (κ2) is 9.64. The second-order valence-electron chi connectivity index (χ2n) is 5.74. The van der Waals surface area contributed by atoms with Crippen molar-refractivity contribution in [2.75, 3.05) is 34.4 Å². The zero-order valence-corrected chi connectivity index (χ0v) is 15.1. The fourth-order valence-electron chi connectivity index (χ4n) is 2.58. The number of rotatable bonds is 8. The first-order chi connectivity index (χ1) is 12.2. The summed E-state index contributed by atoms with van der Waals surface area (Å²) >= 11 is 0. The number of para-hydroxylation sites is 1. The lowest BCUT2D eigenvalue weighted by Crippen LogP contribution is -2.29. The molecule has 0 aliphatic carbocycles. The molecule has 25 heavy (non-hydrogen) atoms. The van der Waals surface area contributed by atoms with E-state index < -0.39 is 0 Å². The zero-order valence-electron chi connectivity index (χ0n) is 15.1. The van der Waals surface area contributed by atoms with Crippen LogP contribution in [0.15, 0.2) is 54.6 Å². The van der Waals surface area contributed by atoms with Crippen LogP contribution in [0.25, 0.3) is 11.6 Å². The van der Waals surface area contributed by atoms with Crippen LogP contribution in [0, 0.1) is 0 Å². The first kappa shape index (κ1) is 18.7. The SMILES string of the molecule is COCCCN(C)C(=O)/C(=C/c1ccccc1OC)c1ccccc1. The summed E-state index contributed by atoms with van der Waals surface area (Å²) in [6.45, 7) is 1.28. The summed E-state index contributed by atoms with van der Waals surface area (Å²) in [5, 5.41) is 0. The monoisotopic (exact) mass is 339 g/mol. The molecule has 0 bridgehead atoms. The maximum Gasteiger partial charge on any atom is 0.254 e. The molecule has 0 heterocycles. The Morgan fingerprint density at radius 2 is 1.72 bits per heavy atom. The molecule has 0 saturated carbocycles. The minimum Gasteiger partial charge on any atom is -0.496 e. The van der Waals surface area contributed by atoms with E-state index in [2.05, 4.69) is 0 Å². The highest BCUT2D eigenvalue weighted by Crippen LogP contribution is 2.25. The van der Waals surface area contributed by atoms with Gasteiger partial charge < -0.3 is 14.4 Å². The molecule has 2 aromatic rings. The van der Waals surface area contributed by atoms with Crippen molar-refractivity contribution in [3.63, 3.8) is 0 Å². The first-order valence-electron chi connectivity index (χ1n) is 8.32. The van der Waals surface area contributed by atoms with Gasteiger partial charge in [-0.15, -0.1) is 0 Å². The lowest BCUT2D eigenvalue weighted by Gasteiger charge is -2.19. The molecule has 2 aromatic carbocycles. The fraction of sp³-hybridized carbons (Fsp3) is 0.286. The van der Waals surface area contributed by atoms with Crippen molar-refractivity contribution >= 4 is 17.6 Å². The summed E-state index contributed by atoms with van der Waals surface area (Å²) in [7, 11) is 5.11. The Hall–Kier alpha value is -2.59. The minimum absolute atomic E-state index is 0.0202. The van der Waals surface area contributed by atoms with Crippen LogP contribution in [0.4, 0.5) is 0 Å². The van der Waals surface area contributed by atoms with E-state index >= 15 is 0 Å². The van der Waals surface area contributed by atoms with Gasteiger partial charge in [-0.25, -0.2) is 0 Å². The van der Waals surface area contributed by atoms with E-state index in [0.717, 1.165) is 23.3 Å². The van der Waals surface area contributed by atoms with Gasteiger partial charge in [0.1, 0.15) is 5.75 Å². The Kier molecular flexibility index (Phi) is 7.23. The maximum atomic E-state index is 13.0. The van der Waals surface area contributed by atoms with Crippen molar-refractivity contribution in [2.45, 2.75) is 6.42 Å². The minimum atomic E-state index is -0.0202. The Bertz CT molecular complexity index is 710. The molecule has 0 saturated heterocycles. The van der Waals surface area contributed by atoms with Gasteiger partial charge in [0.25, 0.3) is 5.91 Å². The van der Waals surface area contributed by atoms with E-state index in [0.29, 0.717) is 18.7 Å². The topological polar surface area (TPSA) is 38.8 Å². The summed E-state index contributed by atoms with van der Waals surface area (Å²) in [5.41, 5.74) is 2.41. The van der Waals surface area contributed by atoms with Crippen LogP contribution < -0.4 is 4.74 Å². The number of ether oxygens (including phenoxy) is 2. The van der Waals surface area contributed by atoms with Crippen LogP contribution >= 0.6 is 0 Å². The molecule has 0 aromatic heterocycles. The van der Waals surface area contributed by atoms with Gasteiger partial charge in [-0.3, -0.25) is 4.79 Å². The van der Waals surface area contributed by atoms with Gasteiger partial charge in [-0.05, 0) is 24.1 Å². The molecule has 4 nitrogen and oxygen atoms in total. The molecule has 0 atom stereocenters. The van der Waals surface area contributed by atoms with E-state index in [1.165, 1.54) is 0 Å². The Balaban J connectivity index is 2.37. The largest absolute Gasteiger partial charge is 0.496 e. The van der Waals surface area contributed by atoms with Crippen LogP contribution in [-0.4, -0.2) is 45.2 Å². The van der Waals surface area contributed by atoms with Gasteiger partial charge in [-0.2, -0.15) is 0 Å².